The molecule has 0 aromatic heterocycles. The number of hydrogen-bond donors (Lipinski definition) is 0. The molecule has 5 heteroatoms. The van der Waals surface area contributed by atoms with Crippen LogP contribution in [0, 0.1) is 0 Å². The van der Waals surface area contributed by atoms with E-state index in [0.29, 0.717) is 13.0 Å². The summed E-state index contributed by atoms with van der Waals surface area (Å²) < 4.78 is 5.26. The molecule has 1 rings (SSSR count). The highest BCUT2D eigenvalue weighted by Gasteiger charge is 2.36. The van der Waals surface area contributed by atoms with E-state index in [-0.39, 0.29) is 18.0 Å². The first kappa shape index (κ1) is 14.7. The third-order valence-corrected chi connectivity index (χ3v) is 2.68. The molecular weight excluding hydrogens is 234 g/mol. The minimum Gasteiger partial charge on any atom is -0.444 e. The second kappa shape index (κ2) is 5.50. The summed E-state index contributed by atoms with van der Waals surface area (Å²) in [6.45, 7) is 7.25. The number of carbonyl (C=O) groups excluding carboxylic acids is 3. The molecule has 0 saturated carbocycles. The van der Waals surface area contributed by atoms with Gasteiger partial charge in [0.25, 0.3) is 0 Å². The molecule has 1 atom stereocenters. The largest absolute Gasteiger partial charge is 0.444 e. The number of Topliss-reactive ketones (excluding diaryl/α,β-unsaturated/α-hetero) is 2. The number of carbonyl (C=O) groups is 3. The molecule has 0 radical (unpaired) electrons. The topological polar surface area (TPSA) is 63.7 Å². The number of amides is 1. The van der Waals surface area contributed by atoms with Crippen molar-refractivity contribution in [2.75, 3.05) is 6.54 Å². The van der Waals surface area contributed by atoms with Crippen LogP contribution in [0.15, 0.2) is 0 Å². The van der Waals surface area contributed by atoms with E-state index in [4.69, 9.17) is 4.74 Å². The Morgan fingerprint density at radius 3 is 2.39 bits per heavy atom. The summed E-state index contributed by atoms with van der Waals surface area (Å²) in [6.07, 6.45) is 0.810. The van der Waals surface area contributed by atoms with Crippen molar-refractivity contribution >= 4 is 17.7 Å². The van der Waals surface area contributed by atoms with Gasteiger partial charge in [0.2, 0.25) is 0 Å². The molecule has 0 aliphatic carbocycles. The van der Waals surface area contributed by atoms with Gasteiger partial charge in [-0.15, -0.1) is 0 Å². The highest BCUT2D eigenvalue weighted by Crippen LogP contribution is 2.22. The fraction of sp³-hybridized carbons (Fsp3) is 0.769. The Hall–Kier alpha value is -1.39. The van der Waals surface area contributed by atoms with E-state index in [1.54, 1.807) is 20.8 Å². The molecule has 1 heterocycles. The number of ketones is 2. The van der Waals surface area contributed by atoms with Crippen LogP contribution in [0.2, 0.25) is 0 Å². The van der Waals surface area contributed by atoms with Crippen LogP contribution in [0.3, 0.4) is 0 Å². The molecule has 0 aromatic carbocycles. The van der Waals surface area contributed by atoms with Crippen LogP contribution in [-0.2, 0) is 14.3 Å². The predicted molar refractivity (Wildman–Crippen MR) is 66.3 cm³/mol. The SMILES string of the molecule is CC(=O)CC(=O)C1CCCN1C(=O)OC(C)(C)C. The van der Waals surface area contributed by atoms with Gasteiger partial charge in [0.1, 0.15) is 11.4 Å². The Morgan fingerprint density at radius 1 is 1.28 bits per heavy atom. The quantitative estimate of drug-likeness (QED) is 0.723. The van der Waals surface area contributed by atoms with E-state index in [1.807, 2.05) is 0 Å². The summed E-state index contributed by atoms with van der Waals surface area (Å²) in [7, 11) is 0. The first-order valence-corrected chi connectivity index (χ1v) is 6.22. The molecule has 1 amide bonds. The lowest BCUT2D eigenvalue weighted by atomic mass is 10.1. The second-order valence-corrected chi connectivity index (χ2v) is 5.68. The number of ether oxygens (including phenoxy) is 1. The summed E-state index contributed by atoms with van der Waals surface area (Å²) in [6, 6.07) is -0.497. The maximum Gasteiger partial charge on any atom is 0.410 e. The average Bonchev–Trinajstić information content (AvgIpc) is 2.61. The van der Waals surface area contributed by atoms with E-state index in [1.165, 1.54) is 11.8 Å². The van der Waals surface area contributed by atoms with Gasteiger partial charge < -0.3 is 4.74 Å². The third-order valence-electron chi connectivity index (χ3n) is 2.68. The van der Waals surface area contributed by atoms with Gasteiger partial charge in [0.05, 0.1) is 12.5 Å². The zero-order chi connectivity index (χ0) is 13.9. The van der Waals surface area contributed by atoms with Crippen LogP contribution in [0.4, 0.5) is 4.79 Å². The molecule has 1 aliphatic rings. The van der Waals surface area contributed by atoms with Crippen molar-refractivity contribution in [3.63, 3.8) is 0 Å². The normalized spacial score (nSPS) is 19.8. The number of nitrogens with zero attached hydrogens (tertiary/aromatic N) is 1. The van der Waals surface area contributed by atoms with Crippen molar-refractivity contribution in [3.8, 4) is 0 Å². The van der Waals surface area contributed by atoms with Crippen LogP contribution < -0.4 is 0 Å². The van der Waals surface area contributed by atoms with Crippen LogP contribution in [0.25, 0.3) is 0 Å². The van der Waals surface area contributed by atoms with Gasteiger partial charge >= 0.3 is 6.09 Å². The molecule has 1 saturated heterocycles. The molecule has 0 spiro atoms. The van der Waals surface area contributed by atoms with Crippen LogP contribution in [0.1, 0.15) is 47.0 Å². The highest BCUT2D eigenvalue weighted by atomic mass is 16.6. The summed E-state index contributed by atoms with van der Waals surface area (Å²) in [4.78, 5) is 36.2. The Labute approximate surface area is 107 Å². The summed E-state index contributed by atoms with van der Waals surface area (Å²) >= 11 is 0. The molecule has 1 fully saturated rings. The zero-order valence-electron chi connectivity index (χ0n) is 11.5. The molecule has 102 valence electrons. The van der Waals surface area contributed by atoms with Crippen molar-refractivity contribution in [2.45, 2.75) is 58.6 Å². The van der Waals surface area contributed by atoms with Gasteiger partial charge in [0, 0.05) is 6.54 Å². The lowest BCUT2D eigenvalue weighted by Crippen LogP contribution is -2.43. The van der Waals surface area contributed by atoms with Gasteiger partial charge in [-0.3, -0.25) is 14.5 Å². The fourth-order valence-corrected chi connectivity index (χ4v) is 2.00. The zero-order valence-corrected chi connectivity index (χ0v) is 11.5. The monoisotopic (exact) mass is 255 g/mol. The Kier molecular flexibility index (Phi) is 4.48. The first-order chi connectivity index (χ1) is 8.20. The van der Waals surface area contributed by atoms with E-state index < -0.39 is 17.7 Å². The van der Waals surface area contributed by atoms with Crippen LogP contribution in [-0.4, -0.2) is 40.7 Å². The van der Waals surface area contributed by atoms with E-state index in [9.17, 15) is 14.4 Å². The van der Waals surface area contributed by atoms with Gasteiger partial charge in [-0.1, -0.05) is 0 Å². The fourth-order valence-electron chi connectivity index (χ4n) is 2.00. The Bertz CT molecular complexity index is 356. The number of hydrogen-bond acceptors (Lipinski definition) is 4. The van der Waals surface area contributed by atoms with E-state index in [2.05, 4.69) is 0 Å². The molecule has 18 heavy (non-hydrogen) atoms. The maximum absolute atomic E-state index is 11.9. The smallest absolute Gasteiger partial charge is 0.410 e. The molecule has 5 nitrogen and oxygen atoms in total. The van der Waals surface area contributed by atoms with Gasteiger partial charge in [-0.05, 0) is 40.5 Å². The molecule has 1 aliphatic heterocycles. The predicted octanol–water partition coefficient (Wildman–Crippen LogP) is 1.93. The van der Waals surface area contributed by atoms with E-state index >= 15 is 0 Å². The lowest BCUT2D eigenvalue weighted by molar-refractivity contribution is -0.128. The van der Waals surface area contributed by atoms with Gasteiger partial charge in [0.15, 0.2) is 5.78 Å². The van der Waals surface area contributed by atoms with Gasteiger partial charge in [-0.2, -0.15) is 0 Å². The minimum atomic E-state index is -0.576. The standard InChI is InChI=1S/C13H21NO4/c1-9(15)8-11(16)10-6-5-7-14(10)12(17)18-13(2,3)4/h10H,5-8H2,1-4H3. The van der Waals surface area contributed by atoms with Crippen LogP contribution in [0.5, 0.6) is 0 Å². The molecule has 0 N–H and O–H groups in total. The van der Waals surface area contributed by atoms with Crippen molar-refractivity contribution in [1.29, 1.82) is 0 Å². The summed E-state index contributed by atoms with van der Waals surface area (Å²) in [5, 5.41) is 0. The Balaban J connectivity index is 2.67. The summed E-state index contributed by atoms with van der Waals surface area (Å²) in [5.41, 5.74) is -0.576. The second-order valence-electron chi connectivity index (χ2n) is 5.68. The first-order valence-electron chi connectivity index (χ1n) is 6.22. The third kappa shape index (κ3) is 4.13. The molecular formula is C13H21NO4. The lowest BCUT2D eigenvalue weighted by Gasteiger charge is -2.27. The van der Waals surface area contributed by atoms with Crippen molar-refractivity contribution in [1.82, 2.24) is 4.90 Å². The van der Waals surface area contributed by atoms with Gasteiger partial charge in [-0.25, -0.2) is 4.79 Å². The molecule has 0 aromatic rings. The average molecular weight is 255 g/mol. The number of likely N-dealkylation sites (tertiary alicyclic amines) is 1. The minimum absolute atomic E-state index is 0.107. The molecule has 1 unspecified atom stereocenters. The maximum atomic E-state index is 11.9. The highest BCUT2D eigenvalue weighted by molar-refractivity contribution is 6.01. The van der Waals surface area contributed by atoms with Crippen molar-refractivity contribution in [3.05, 3.63) is 0 Å². The Morgan fingerprint density at radius 2 is 1.89 bits per heavy atom. The van der Waals surface area contributed by atoms with E-state index in [0.717, 1.165) is 6.42 Å². The van der Waals surface area contributed by atoms with Crippen LogP contribution >= 0.6 is 0 Å². The summed E-state index contributed by atoms with van der Waals surface area (Å²) in [5.74, 6) is -0.359. The van der Waals surface area contributed by atoms with Crippen molar-refractivity contribution in [2.24, 2.45) is 0 Å². The van der Waals surface area contributed by atoms with Crippen molar-refractivity contribution < 1.29 is 19.1 Å². The number of rotatable bonds is 3. The molecule has 0 bridgehead atoms.